The van der Waals surface area contributed by atoms with Gasteiger partial charge in [0, 0.05) is 5.56 Å². The first-order valence-corrected chi connectivity index (χ1v) is 11.7. The van der Waals surface area contributed by atoms with Gasteiger partial charge < -0.3 is 9.64 Å². The Balaban J connectivity index is 1.26. The third kappa shape index (κ3) is 5.43. The number of hydrogen-bond acceptors (Lipinski definition) is 4. The highest BCUT2D eigenvalue weighted by Gasteiger charge is 2.53. The third-order valence-electron chi connectivity index (χ3n) is 7.29. The second kappa shape index (κ2) is 8.85. The van der Waals surface area contributed by atoms with Crippen molar-refractivity contribution in [2.75, 3.05) is 26.7 Å². The van der Waals surface area contributed by atoms with Gasteiger partial charge >= 0.3 is 0 Å². The van der Waals surface area contributed by atoms with E-state index in [2.05, 4.69) is 35.9 Å². The van der Waals surface area contributed by atoms with Crippen molar-refractivity contribution in [2.24, 2.45) is 16.7 Å². The molecule has 0 N–H and O–H groups in total. The molecule has 1 atom stereocenters. The van der Waals surface area contributed by atoms with Crippen LogP contribution in [-0.2, 0) is 6.42 Å². The smallest absolute Gasteiger partial charge is 0.128 e. The quantitative estimate of drug-likeness (QED) is 0.565. The topological polar surface area (TPSA) is 38.2 Å². The summed E-state index contributed by atoms with van der Waals surface area (Å²) < 4.78 is 19.0. The molecule has 2 fully saturated rings. The number of hydrogen-bond donors (Lipinski definition) is 0. The minimum Gasteiger partial charge on any atom is -0.496 e. The van der Waals surface area contributed by atoms with Gasteiger partial charge in [-0.3, -0.25) is 0 Å². The van der Waals surface area contributed by atoms with Gasteiger partial charge in [-0.15, -0.1) is 0 Å². The molecule has 1 unspecified atom stereocenters. The molecule has 1 saturated heterocycles. The summed E-state index contributed by atoms with van der Waals surface area (Å²) in [6.45, 7) is 10.8. The monoisotopic (exact) mass is 425 g/mol. The minimum absolute atomic E-state index is 0.301. The number of methoxy groups -OCH3 is 1. The van der Waals surface area contributed by atoms with Crippen molar-refractivity contribution in [2.45, 2.75) is 59.3 Å². The highest BCUT2D eigenvalue weighted by atomic mass is 19.1. The van der Waals surface area contributed by atoms with Crippen LogP contribution in [0.25, 0.3) is 11.3 Å². The van der Waals surface area contributed by atoms with Crippen LogP contribution in [-0.4, -0.2) is 41.8 Å². The molecular formula is C26H36FN3O. The van der Waals surface area contributed by atoms with Gasteiger partial charge in [-0.25, -0.2) is 4.39 Å². The molecule has 0 bridgehead atoms. The van der Waals surface area contributed by atoms with Crippen LogP contribution in [0.1, 0.15) is 58.6 Å². The number of ether oxygens (including phenoxy) is 1. The van der Waals surface area contributed by atoms with Crippen LogP contribution in [0.3, 0.4) is 0 Å². The Hall–Kier alpha value is -2.01. The molecule has 1 aliphatic carbocycles. The Bertz CT molecular complexity index is 883. The number of nitrogens with zero attached hydrogens (tertiary/aromatic N) is 3. The SMILES string of the molecule is COc1ccc(F)cc1-c1ccc(CCC2CC23CCN(CCC(C)(C)C)CC3)nn1. The lowest BCUT2D eigenvalue weighted by atomic mass is 9.88. The zero-order chi connectivity index (χ0) is 22.1. The second-order valence-electron chi connectivity index (χ2n) is 10.7. The van der Waals surface area contributed by atoms with E-state index in [-0.39, 0.29) is 5.82 Å². The molecule has 4 nitrogen and oxygen atoms in total. The van der Waals surface area contributed by atoms with E-state index < -0.39 is 0 Å². The Morgan fingerprint density at radius 1 is 1.13 bits per heavy atom. The van der Waals surface area contributed by atoms with Gasteiger partial charge in [-0.05, 0) is 105 Å². The van der Waals surface area contributed by atoms with Gasteiger partial charge in [-0.1, -0.05) is 20.8 Å². The molecule has 1 aliphatic heterocycles. The first-order chi connectivity index (χ1) is 14.8. The van der Waals surface area contributed by atoms with Crippen molar-refractivity contribution < 1.29 is 9.13 Å². The third-order valence-corrected chi connectivity index (χ3v) is 7.29. The fourth-order valence-corrected chi connectivity index (χ4v) is 5.01. The highest BCUT2D eigenvalue weighted by molar-refractivity contribution is 5.66. The lowest BCUT2D eigenvalue weighted by Crippen LogP contribution is -2.37. The predicted octanol–water partition coefficient (Wildman–Crippen LogP) is 5.76. The van der Waals surface area contributed by atoms with Gasteiger partial charge in [0.05, 0.1) is 18.5 Å². The molecule has 5 heteroatoms. The van der Waals surface area contributed by atoms with Crippen molar-refractivity contribution in [3.8, 4) is 17.0 Å². The first kappa shape index (κ1) is 22.2. The molecule has 168 valence electrons. The molecule has 2 heterocycles. The number of aryl methyl sites for hydroxylation is 1. The van der Waals surface area contributed by atoms with Crippen LogP contribution in [0.4, 0.5) is 4.39 Å². The summed E-state index contributed by atoms with van der Waals surface area (Å²) in [6.07, 6.45) is 7.52. The summed E-state index contributed by atoms with van der Waals surface area (Å²) in [5, 5.41) is 8.76. The van der Waals surface area contributed by atoms with Crippen molar-refractivity contribution in [1.82, 2.24) is 15.1 Å². The van der Waals surface area contributed by atoms with Gasteiger partial charge in [-0.2, -0.15) is 10.2 Å². The van der Waals surface area contributed by atoms with Crippen molar-refractivity contribution in [1.29, 1.82) is 0 Å². The molecule has 4 rings (SSSR count). The van der Waals surface area contributed by atoms with E-state index in [1.54, 1.807) is 13.2 Å². The molecule has 1 aromatic carbocycles. The Morgan fingerprint density at radius 3 is 2.55 bits per heavy atom. The number of benzene rings is 1. The number of piperidine rings is 1. The Labute approximate surface area is 186 Å². The van der Waals surface area contributed by atoms with Gasteiger partial charge in [0.2, 0.25) is 0 Å². The highest BCUT2D eigenvalue weighted by Crippen LogP contribution is 2.61. The van der Waals surface area contributed by atoms with E-state index in [1.165, 1.54) is 63.9 Å². The largest absolute Gasteiger partial charge is 0.496 e. The van der Waals surface area contributed by atoms with Crippen LogP contribution >= 0.6 is 0 Å². The molecule has 1 aromatic heterocycles. The maximum atomic E-state index is 13.7. The molecule has 0 amide bonds. The summed E-state index contributed by atoms with van der Waals surface area (Å²) in [4.78, 5) is 2.66. The van der Waals surface area contributed by atoms with Gasteiger partial charge in [0.25, 0.3) is 0 Å². The number of halogens is 1. The van der Waals surface area contributed by atoms with E-state index in [9.17, 15) is 4.39 Å². The normalized spacial score (nSPS) is 20.7. The van der Waals surface area contributed by atoms with E-state index in [0.717, 1.165) is 18.0 Å². The Morgan fingerprint density at radius 2 is 1.90 bits per heavy atom. The summed E-state index contributed by atoms with van der Waals surface area (Å²) in [5.41, 5.74) is 3.32. The second-order valence-corrected chi connectivity index (χ2v) is 10.7. The zero-order valence-electron chi connectivity index (χ0n) is 19.5. The van der Waals surface area contributed by atoms with Crippen LogP contribution < -0.4 is 4.74 Å². The average molecular weight is 426 g/mol. The standard InChI is InChI=1S/C26H36FN3O/c1-25(2,3)11-14-30-15-12-26(13-16-30)18-19(26)5-7-21-8-9-23(29-28-21)22-17-20(27)6-10-24(22)31-4/h6,8-10,17,19H,5,7,11-16,18H2,1-4H3. The van der Waals surface area contributed by atoms with E-state index in [0.29, 0.717) is 27.8 Å². The lowest BCUT2D eigenvalue weighted by molar-refractivity contribution is 0.145. The number of likely N-dealkylation sites (tertiary alicyclic amines) is 1. The van der Waals surface area contributed by atoms with Crippen molar-refractivity contribution in [3.63, 3.8) is 0 Å². The predicted molar refractivity (Wildman–Crippen MR) is 123 cm³/mol. The molecule has 1 spiro atoms. The van der Waals surface area contributed by atoms with Crippen molar-refractivity contribution >= 4 is 0 Å². The summed E-state index contributed by atoms with van der Waals surface area (Å²) in [7, 11) is 1.58. The lowest BCUT2D eigenvalue weighted by Gasteiger charge is -2.34. The van der Waals surface area contributed by atoms with Gasteiger partial charge in [0.1, 0.15) is 11.6 Å². The Kier molecular flexibility index (Phi) is 6.34. The molecule has 2 aromatic rings. The maximum absolute atomic E-state index is 13.7. The van der Waals surface area contributed by atoms with E-state index >= 15 is 0 Å². The molecule has 0 radical (unpaired) electrons. The van der Waals surface area contributed by atoms with E-state index in [4.69, 9.17) is 4.74 Å². The van der Waals surface area contributed by atoms with Crippen LogP contribution in [0.15, 0.2) is 30.3 Å². The average Bonchev–Trinajstić information content (AvgIpc) is 3.43. The number of rotatable bonds is 7. The van der Waals surface area contributed by atoms with Crippen molar-refractivity contribution in [3.05, 3.63) is 41.8 Å². The fourth-order valence-electron chi connectivity index (χ4n) is 5.01. The molecule has 1 saturated carbocycles. The van der Waals surface area contributed by atoms with Crippen LogP contribution in [0.2, 0.25) is 0 Å². The maximum Gasteiger partial charge on any atom is 0.128 e. The van der Waals surface area contributed by atoms with Crippen LogP contribution in [0, 0.1) is 22.6 Å². The van der Waals surface area contributed by atoms with Gasteiger partial charge in [0.15, 0.2) is 0 Å². The first-order valence-electron chi connectivity index (χ1n) is 11.7. The zero-order valence-corrected chi connectivity index (χ0v) is 19.5. The number of aromatic nitrogens is 2. The van der Waals surface area contributed by atoms with Crippen LogP contribution in [0.5, 0.6) is 5.75 Å². The molecule has 31 heavy (non-hydrogen) atoms. The summed E-state index contributed by atoms with van der Waals surface area (Å²) in [5.74, 6) is 1.14. The molecule has 2 aliphatic rings. The molecular weight excluding hydrogens is 389 g/mol. The summed E-state index contributed by atoms with van der Waals surface area (Å²) in [6, 6.07) is 8.42. The fraction of sp³-hybridized carbons (Fsp3) is 0.615. The minimum atomic E-state index is -0.301. The summed E-state index contributed by atoms with van der Waals surface area (Å²) >= 11 is 0. The van der Waals surface area contributed by atoms with E-state index in [1.807, 2.05) is 12.1 Å².